The van der Waals surface area contributed by atoms with Crippen LogP contribution in [-0.4, -0.2) is 19.6 Å². The second kappa shape index (κ2) is 6.07. The van der Waals surface area contributed by atoms with Crippen LogP contribution in [0.15, 0.2) is 62.4 Å². The molecule has 0 fully saturated rings. The van der Waals surface area contributed by atoms with E-state index in [2.05, 4.69) is 15.2 Å². The van der Waals surface area contributed by atoms with E-state index in [9.17, 15) is 9.18 Å². The maximum Gasteiger partial charge on any atom is 0.266 e. The fraction of sp³-hybridized carbons (Fsp3) is 0.0476. The summed E-state index contributed by atoms with van der Waals surface area (Å²) >= 11 is 1.56. The van der Waals surface area contributed by atoms with Gasteiger partial charge in [-0.05, 0) is 37.3 Å². The van der Waals surface area contributed by atoms with Crippen LogP contribution >= 0.6 is 11.3 Å². The molecule has 0 radical (unpaired) electrons. The molecule has 9 heteroatoms. The third-order valence-electron chi connectivity index (χ3n) is 4.92. The van der Waals surface area contributed by atoms with E-state index in [-0.39, 0.29) is 28.3 Å². The van der Waals surface area contributed by atoms with Crippen molar-refractivity contribution in [3.63, 3.8) is 0 Å². The number of hydrogen-bond acceptors (Lipinski definition) is 7. The molecule has 7 nitrogen and oxygen atoms in total. The van der Waals surface area contributed by atoms with E-state index in [0.29, 0.717) is 5.69 Å². The van der Waals surface area contributed by atoms with Gasteiger partial charge >= 0.3 is 0 Å². The van der Waals surface area contributed by atoms with Gasteiger partial charge in [0.05, 0.1) is 21.3 Å². The van der Waals surface area contributed by atoms with Crippen molar-refractivity contribution >= 4 is 37.5 Å². The van der Waals surface area contributed by atoms with Crippen LogP contribution in [0.5, 0.6) is 0 Å². The maximum absolute atomic E-state index is 13.6. The van der Waals surface area contributed by atoms with E-state index in [1.165, 1.54) is 18.4 Å². The molecule has 4 aromatic heterocycles. The molecule has 6 rings (SSSR count). The van der Waals surface area contributed by atoms with Crippen molar-refractivity contribution in [2.24, 2.45) is 0 Å². The molecule has 0 bridgehead atoms. The van der Waals surface area contributed by atoms with Crippen molar-refractivity contribution in [2.45, 2.75) is 6.92 Å². The number of halogens is 1. The van der Waals surface area contributed by atoms with Crippen molar-refractivity contribution in [3.8, 4) is 23.0 Å². The summed E-state index contributed by atoms with van der Waals surface area (Å²) in [4.78, 5) is 18.2. The van der Waals surface area contributed by atoms with Crippen LogP contribution in [0.1, 0.15) is 5.69 Å². The monoisotopic (exact) mass is 418 g/mol. The van der Waals surface area contributed by atoms with E-state index >= 15 is 0 Å². The molecule has 0 N–H and O–H groups in total. The highest BCUT2D eigenvalue weighted by atomic mass is 32.1. The number of hydrogen-bond donors (Lipinski definition) is 0. The van der Waals surface area contributed by atoms with Crippen LogP contribution in [-0.2, 0) is 0 Å². The second-order valence-corrected chi connectivity index (χ2v) is 7.77. The second-order valence-electron chi connectivity index (χ2n) is 6.76. The van der Waals surface area contributed by atoms with Crippen LogP contribution in [0.3, 0.4) is 0 Å². The van der Waals surface area contributed by atoms with Crippen LogP contribution in [0.2, 0.25) is 0 Å². The molecule has 0 spiro atoms. The fourth-order valence-corrected chi connectivity index (χ4v) is 4.62. The van der Waals surface area contributed by atoms with Gasteiger partial charge in [-0.25, -0.2) is 9.37 Å². The Bertz CT molecular complexity index is 1660. The lowest BCUT2D eigenvalue weighted by Crippen LogP contribution is -2.05. The first-order valence-electron chi connectivity index (χ1n) is 9.02. The molecule has 0 saturated heterocycles. The van der Waals surface area contributed by atoms with E-state index < -0.39 is 11.2 Å². The van der Waals surface area contributed by atoms with Crippen LogP contribution in [0.25, 0.3) is 49.2 Å². The molecule has 4 heterocycles. The standard InChI is InChI=1S/C21H11FN4O3S/c1-10-17(26-14-4-2-3-5-16(14)30-21(26)23-10)20-25-24-19(29-20)13-9-28-15-7-6-11(22)8-12(15)18(13)27/h2-9H,1H3. The minimum absolute atomic E-state index is 0.00111. The smallest absolute Gasteiger partial charge is 0.266 e. The largest absolute Gasteiger partial charge is 0.463 e. The average Bonchev–Trinajstić information content (AvgIpc) is 3.42. The first-order valence-corrected chi connectivity index (χ1v) is 9.84. The van der Waals surface area contributed by atoms with Crippen LogP contribution in [0.4, 0.5) is 4.39 Å². The number of fused-ring (bicyclic) bond motifs is 4. The Morgan fingerprint density at radius 1 is 1.10 bits per heavy atom. The Kier molecular flexibility index (Phi) is 3.45. The number of imidazole rings is 1. The molecule has 30 heavy (non-hydrogen) atoms. The van der Waals surface area contributed by atoms with Gasteiger partial charge < -0.3 is 8.83 Å². The summed E-state index contributed by atoms with van der Waals surface area (Å²) in [5.41, 5.74) is 2.28. The number of benzene rings is 2. The van der Waals surface area contributed by atoms with Crippen LogP contribution in [0, 0.1) is 12.7 Å². The molecule has 146 valence electrons. The van der Waals surface area contributed by atoms with Gasteiger partial charge in [0, 0.05) is 0 Å². The third kappa shape index (κ3) is 2.35. The minimum Gasteiger partial charge on any atom is -0.463 e. The Morgan fingerprint density at radius 3 is 2.83 bits per heavy atom. The zero-order chi connectivity index (χ0) is 20.4. The van der Waals surface area contributed by atoms with Gasteiger partial charge in [-0.2, -0.15) is 0 Å². The van der Waals surface area contributed by atoms with E-state index in [0.717, 1.165) is 26.9 Å². The van der Waals surface area contributed by atoms with Gasteiger partial charge in [-0.3, -0.25) is 9.20 Å². The fourth-order valence-electron chi connectivity index (χ4n) is 3.55. The van der Waals surface area contributed by atoms with E-state index in [1.54, 1.807) is 11.3 Å². The summed E-state index contributed by atoms with van der Waals surface area (Å²) in [6, 6.07) is 11.7. The molecule has 6 aromatic rings. The van der Waals surface area contributed by atoms with E-state index in [4.69, 9.17) is 8.83 Å². The first kappa shape index (κ1) is 17.0. The van der Waals surface area contributed by atoms with Gasteiger partial charge in [0.2, 0.25) is 5.43 Å². The van der Waals surface area contributed by atoms with Crippen molar-refractivity contribution in [1.82, 2.24) is 19.6 Å². The molecular formula is C21H11FN4O3S. The number of aromatic nitrogens is 4. The van der Waals surface area contributed by atoms with Gasteiger partial charge in [-0.1, -0.05) is 23.5 Å². The highest BCUT2D eigenvalue weighted by Gasteiger charge is 2.22. The zero-order valence-electron chi connectivity index (χ0n) is 15.4. The van der Waals surface area contributed by atoms with Crippen LogP contribution < -0.4 is 5.43 Å². The lowest BCUT2D eigenvalue weighted by Gasteiger charge is -1.99. The molecule has 0 aliphatic carbocycles. The highest BCUT2D eigenvalue weighted by molar-refractivity contribution is 7.23. The lowest BCUT2D eigenvalue weighted by molar-refractivity contribution is 0.566. The first-order chi connectivity index (χ1) is 14.6. The predicted octanol–water partition coefficient (Wildman–Crippen LogP) is 4.82. The van der Waals surface area contributed by atoms with Gasteiger partial charge in [0.25, 0.3) is 11.8 Å². The number of aryl methyl sites for hydroxylation is 1. The maximum atomic E-state index is 13.6. The molecule has 0 aliphatic heterocycles. The SMILES string of the molecule is Cc1nc2sc3ccccc3n2c1-c1nnc(-c2coc3ccc(F)cc3c2=O)o1. The molecule has 2 aromatic carbocycles. The molecule has 0 atom stereocenters. The highest BCUT2D eigenvalue weighted by Crippen LogP contribution is 2.34. The van der Waals surface area contributed by atoms with Crippen molar-refractivity contribution < 1.29 is 13.2 Å². The number of para-hydroxylation sites is 1. The summed E-state index contributed by atoms with van der Waals surface area (Å²) in [5.74, 6) is -0.295. The quantitative estimate of drug-likeness (QED) is 0.401. The molecular weight excluding hydrogens is 407 g/mol. The van der Waals surface area contributed by atoms with Crippen molar-refractivity contribution in [1.29, 1.82) is 0 Å². The van der Waals surface area contributed by atoms with Crippen molar-refractivity contribution in [3.05, 3.63) is 70.5 Å². The van der Waals surface area contributed by atoms with Crippen molar-refractivity contribution in [2.75, 3.05) is 0 Å². The molecule has 0 aliphatic rings. The summed E-state index contributed by atoms with van der Waals surface area (Å²) in [5, 5.41) is 8.29. The Morgan fingerprint density at radius 2 is 1.93 bits per heavy atom. The summed E-state index contributed by atoms with van der Waals surface area (Å²) in [7, 11) is 0. The Labute approximate surface area is 171 Å². The third-order valence-corrected chi connectivity index (χ3v) is 5.94. The molecule has 0 amide bonds. The predicted molar refractivity (Wildman–Crippen MR) is 110 cm³/mol. The van der Waals surface area contributed by atoms with Gasteiger partial charge in [0.15, 0.2) is 4.96 Å². The van der Waals surface area contributed by atoms with Gasteiger partial charge in [0.1, 0.15) is 28.9 Å². The number of rotatable bonds is 2. The zero-order valence-corrected chi connectivity index (χ0v) is 16.2. The lowest BCUT2D eigenvalue weighted by atomic mass is 10.1. The number of nitrogens with zero attached hydrogens (tertiary/aromatic N) is 4. The van der Waals surface area contributed by atoms with E-state index in [1.807, 2.05) is 35.6 Å². The summed E-state index contributed by atoms with van der Waals surface area (Å²) < 4.78 is 27.9. The Hall–Kier alpha value is -3.85. The topological polar surface area (TPSA) is 86.4 Å². The summed E-state index contributed by atoms with van der Waals surface area (Å²) in [6.45, 7) is 1.86. The Balaban J connectivity index is 1.55. The molecule has 0 saturated carbocycles. The molecule has 0 unspecified atom stereocenters. The normalized spacial score (nSPS) is 11.8. The average molecular weight is 418 g/mol. The minimum atomic E-state index is -0.528. The number of thiazole rings is 1. The summed E-state index contributed by atoms with van der Waals surface area (Å²) in [6.07, 6.45) is 1.25. The van der Waals surface area contributed by atoms with Gasteiger partial charge in [-0.15, -0.1) is 10.2 Å².